The maximum atomic E-state index is 12.8. The summed E-state index contributed by atoms with van der Waals surface area (Å²) < 4.78 is 6.72. The van der Waals surface area contributed by atoms with Crippen molar-refractivity contribution in [3.8, 4) is 17.0 Å². The summed E-state index contributed by atoms with van der Waals surface area (Å²) in [5.74, 6) is 0.597. The Hall–Kier alpha value is -3.45. The molecule has 3 aromatic rings. The van der Waals surface area contributed by atoms with Crippen LogP contribution in [-0.2, 0) is 17.8 Å². The normalized spacial score (nSPS) is 14.3. The first-order chi connectivity index (χ1) is 15.6. The first kappa shape index (κ1) is 21.8. The summed E-state index contributed by atoms with van der Waals surface area (Å²) in [5.41, 5.74) is 2.35. The van der Waals surface area contributed by atoms with Crippen molar-refractivity contribution in [1.82, 2.24) is 19.4 Å². The highest BCUT2D eigenvalue weighted by atomic mass is 16.5. The van der Waals surface area contributed by atoms with Gasteiger partial charge in [-0.1, -0.05) is 42.5 Å². The Balaban J connectivity index is 1.32. The fourth-order valence-electron chi connectivity index (χ4n) is 3.95. The lowest BCUT2D eigenvalue weighted by atomic mass is 10.1. The Labute approximate surface area is 187 Å². The second kappa shape index (κ2) is 10.2. The molecule has 7 heteroatoms. The summed E-state index contributed by atoms with van der Waals surface area (Å²) in [4.78, 5) is 34.0. The fraction of sp³-hybridized carbons (Fsp3) is 0.320. The number of para-hydroxylation sites is 1. The van der Waals surface area contributed by atoms with E-state index in [9.17, 15) is 9.59 Å². The lowest BCUT2D eigenvalue weighted by Crippen LogP contribution is -2.50. The largest absolute Gasteiger partial charge is 0.496 e. The van der Waals surface area contributed by atoms with Gasteiger partial charge in [-0.2, -0.15) is 0 Å². The van der Waals surface area contributed by atoms with Crippen molar-refractivity contribution in [3.63, 3.8) is 0 Å². The Morgan fingerprint density at radius 1 is 1.00 bits per heavy atom. The number of carbonyl (C=O) groups excluding carboxylic acids is 1. The molecule has 2 aromatic carbocycles. The topological polar surface area (TPSA) is 67.7 Å². The van der Waals surface area contributed by atoms with Crippen molar-refractivity contribution in [2.24, 2.45) is 0 Å². The molecule has 0 unspecified atom stereocenters. The average Bonchev–Trinajstić information content (AvgIpc) is 2.85. The molecule has 1 aliphatic rings. The summed E-state index contributed by atoms with van der Waals surface area (Å²) in [7, 11) is 1.58. The molecule has 0 N–H and O–H groups in total. The maximum Gasteiger partial charge on any atom is 0.254 e. The van der Waals surface area contributed by atoms with Gasteiger partial charge in [0.25, 0.3) is 5.56 Å². The van der Waals surface area contributed by atoms with Gasteiger partial charge >= 0.3 is 0 Å². The van der Waals surface area contributed by atoms with Gasteiger partial charge in [-0.3, -0.25) is 19.1 Å². The summed E-state index contributed by atoms with van der Waals surface area (Å²) in [6, 6.07) is 19.3. The summed E-state index contributed by atoms with van der Waals surface area (Å²) in [5, 5.41) is 0. The summed E-state index contributed by atoms with van der Waals surface area (Å²) in [6.07, 6.45) is 2.45. The van der Waals surface area contributed by atoms with Crippen LogP contribution in [-0.4, -0.2) is 65.1 Å². The molecule has 1 saturated heterocycles. The molecule has 2 heterocycles. The van der Waals surface area contributed by atoms with E-state index in [2.05, 4.69) is 34.1 Å². The zero-order chi connectivity index (χ0) is 22.3. The van der Waals surface area contributed by atoms with Crippen LogP contribution in [0.25, 0.3) is 11.3 Å². The highest BCUT2D eigenvalue weighted by Gasteiger charge is 2.21. The molecule has 0 aliphatic carbocycles. The standard InChI is InChI=1S/C25H28N4O3/c1-32-23-10-6-5-9-21(23)22-17-24(30)29(19-26-22)18-25(31)28-15-13-27(14-16-28)12-11-20-7-3-2-4-8-20/h2-10,17,19H,11-16,18H2,1H3. The number of rotatable bonds is 7. The molecule has 0 atom stereocenters. The third-order valence-corrected chi connectivity index (χ3v) is 5.85. The van der Waals surface area contributed by atoms with E-state index in [1.807, 2.05) is 35.2 Å². The van der Waals surface area contributed by atoms with Crippen LogP contribution in [0.5, 0.6) is 5.75 Å². The number of carbonyl (C=O) groups is 1. The van der Waals surface area contributed by atoms with Gasteiger partial charge in [0.1, 0.15) is 12.3 Å². The Bertz CT molecular complexity index is 1110. The second-order valence-electron chi connectivity index (χ2n) is 7.90. The van der Waals surface area contributed by atoms with Crippen molar-refractivity contribution in [2.75, 3.05) is 39.8 Å². The summed E-state index contributed by atoms with van der Waals surface area (Å²) >= 11 is 0. The Kier molecular flexibility index (Phi) is 6.97. The molecular weight excluding hydrogens is 404 g/mol. The SMILES string of the molecule is COc1ccccc1-c1cc(=O)n(CC(=O)N2CCN(CCc3ccccc3)CC2)cn1. The highest BCUT2D eigenvalue weighted by molar-refractivity contribution is 5.76. The zero-order valence-electron chi connectivity index (χ0n) is 18.3. The molecule has 0 bridgehead atoms. The van der Waals surface area contributed by atoms with Gasteiger partial charge in [-0.25, -0.2) is 4.98 Å². The lowest BCUT2D eigenvalue weighted by Gasteiger charge is -2.34. The zero-order valence-corrected chi connectivity index (χ0v) is 18.3. The van der Waals surface area contributed by atoms with Crippen LogP contribution < -0.4 is 10.3 Å². The molecular formula is C25H28N4O3. The summed E-state index contributed by atoms with van der Waals surface area (Å²) in [6.45, 7) is 4.03. The van der Waals surface area contributed by atoms with Crippen molar-refractivity contribution < 1.29 is 9.53 Å². The molecule has 32 heavy (non-hydrogen) atoms. The molecule has 166 valence electrons. The number of methoxy groups -OCH3 is 1. The molecule has 0 saturated carbocycles. The fourth-order valence-corrected chi connectivity index (χ4v) is 3.95. The van der Waals surface area contributed by atoms with E-state index in [4.69, 9.17) is 4.74 Å². The van der Waals surface area contributed by atoms with Crippen molar-refractivity contribution in [1.29, 1.82) is 0 Å². The van der Waals surface area contributed by atoms with Gasteiger partial charge in [-0.05, 0) is 24.1 Å². The molecule has 0 spiro atoms. The van der Waals surface area contributed by atoms with E-state index < -0.39 is 0 Å². The number of hydrogen-bond donors (Lipinski definition) is 0. The number of aromatic nitrogens is 2. The molecule has 1 amide bonds. The first-order valence-corrected chi connectivity index (χ1v) is 10.9. The van der Waals surface area contributed by atoms with Gasteiger partial charge in [0.2, 0.25) is 5.91 Å². The highest BCUT2D eigenvalue weighted by Crippen LogP contribution is 2.26. The Morgan fingerprint density at radius 2 is 1.72 bits per heavy atom. The minimum Gasteiger partial charge on any atom is -0.496 e. The number of hydrogen-bond acceptors (Lipinski definition) is 5. The predicted molar refractivity (Wildman–Crippen MR) is 124 cm³/mol. The minimum atomic E-state index is -0.254. The maximum absolute atomic E-state index is 12.8. The van der Waals surface area contributed by atoms with Crippen molar-refractivity contribution >= 4 is 5.91 Å². The molecule has 1 aliphatic heterocycles. The number of benzene rings is 2. The van der Waals surface area contributed by atoms with E-state index in [1.165, 1.54) is 22.5 Å². The van der Waals surface area contributed by atoms with Gasteiger partial charge in [0.15, 0.2) is 0 Å². The van der Waals surface area contributed by atoms with Crippen LogP contribution in [0.3, 0.4) is 0 Å². The number of amides is 1. The van der Waals surface area contributed by atoms with Crippen LogP contribution in [0, 0.1) is 0 Å². The molecule has 1 aromatic heterocycles. The molecule has 7 nitrogen and oxygen atoms in total. The molecule has 4 rings (SSSR count). The van der Waals surface area contributed by atoms with E-state index in [-0.39, 0.29) is 18.0 Å². The molecule has 1 fully saturated rings. The van der Waals surface area contributed by atoms with Crippen LogP contribution in [0.4, 0.5) is 0 Å². The van der Waals surface area contributed by atoms with Crippen molar-refractivity contribution in [2.45, 2.75) is 13.0 Å². The Morgan fingerprint density at radius 3 is 2.44 bits per heavy atom. The van der Waals surface area contributed by atoms with E-state index in [0.29, 0.717) is 24.5 Å². The van der Waals surface area contributed by atoms with E-state index in [0.717, 1.165) is 31.6 Å². The van der Waals surface area contributed by atoms with E-state index in [1.54, 1.807) is 7.11 Å². The smallest absolute Gasteiger partial charge is 0.254 e. The number of nitrogens with zero attached hydrogens (tertiary/aromatic N) is 4. The monoisotopic (exact) mass is 432 g/mol. The number of piperazine rings is 1. The van der Waals surface area contributed by atoms with Crippen molar-refractivity contribution in [3.05, 3.63) is 82.9 Å². The van der Waals surface area contributed by atoms with Gasteiger partial charge in [0, 0.05) is 44.4 Å². The first-order valence-electron chi connectivity index (χ1n) is 10.9. The second-order valence-corrected chi connectivity index (χ2v) is 7.90. The lowest BCUT2D eigenvalue weighted by molar-refractivity contribution is -0.133. The van der Waals surface area contributed by atoms with Crippen LogP contribution in [0.1, 0.15) is 5.56 Å². The van der Waals surface area contributed by atoms with Gasteiger partial charge in [-0.15, -0.1) is 0 Å². The van der Waals surface area contributed by atoms with Crippen LogP contribution in [0.2, 0.25) is 0 Å². The van der Waals surface area contributed by atoms with Crippen LogP contribution >= 0.6 is 0 Å². The van der Waals surface area contributed by atoms with Gasteiger partial charge in [0.05, 0.1) is 19.1 Å². The quantitative estimate of drug-likeness (QED) is 0.573. The number of ether oxygens (including phenoxy) is 1. The van der Waals surface area contributed by atoms with Crippen LogP contribution in [0.15, 0.2) is 71.8 Å². The minimum absolute atomic E-state index is 0.00204. The third-order valence-electron chi connectivity index (χ3n) is 5.85. The predicted octanol–water partition coefficient (Wildman–Crippen LogP) is 2.31. The van der Waals surface area contributed by atoms with Gasteiger partial charge < -0.3 is 9.64 Å². The average molecular weight is 433 g/mol. The molecule has 0 radical (unpaired) electrons. The third kappa shape index (κ3) is 5.23. The van der Waals surface area contributed by atoms with E-state index >= 15 is 0 Å².